The van der Waals surface area contributed by atoms with Crippen LogP contribution in [0.15, 0.2) is 0 Å². The average Bonchev–Trinajstić information content (AvgIpc) is 3.21. The van der Waals surface area contributed by atoms with E-state index in [0.29, 0.717) is 18.4 Å². The average molecular weight is 268 g/mol. The van der Waals surface area contributed by atoms with Gasteiger partial charge in [0.25, 0.3) is 0 Å². The van der Waals surface area contributed by atoms with E-state index in [0.717, 1.165) is 32.5 Å². The summed E-state index contributed by atoms with van der Waals surface area (Å²) in [5.74, 6) is 0.348. The fraction of sp³-hybridized carbons (Fsp3) is 0.938. The predicted octanol–water partition coefficient (Wildman–Crippen LogP) is 3.34. The lowest BCUT2D eigenvalue weighted by Crippen LogP contribution is -2.35. The lowest BCUT2D eigenvalue weighted by molar-refractivity contribution is -0.131. The number of rotatable bonds is 12. The summed E-state index contributed by atoms with van der Waals surface area (Å²) in [6.07, 6.45) is 10.5. The quantitative estimate of drug-likeness (QED) is 0.551. The first-order valence-electron chi connectivity index (χ1n) is 8.29. The van der Waals surface area contributed by atoms with Crippen molar-refractivity contribution in [3.63, 3.8) is 0 Å². The molecule has 1 fully saturated rings. The predicted molar refractivity (Wildman–Crippen MR) is 81.3 cm³/mol. The molecule has 1 rings (SSSR count). The second-order valence-corrected chi connectivity index (χ2v) is 5.77. The van der Waals surface area contributed by atoms with Crippen LogP contribution in [-0.2, 0) is 4.79 Å². The van der Waals surface area contributed by atoms with Crippen molar-refractivity contribution in [3.05, 3.63) is 0 Å². The highest BCUT2D eigenvalue weighted by Gasteiger charge is 2.20. The molecule has 0 aromatic heterocycles. The first-order chi connectivity index (χ1) is 9.27. The Balaban J connectivity index is 2.20. The second kappa shape index (κ2) is 10.2. The Morgan fingerprint density at radius 1 is 1.05 bits per heavy atom. The Bertz CT molecular complexity index is 229. The lowest BCUT2D eigenvalue weighted by atomic mass is 10.2. The number of nitrogens with one attached hydrogen (secondary N) is 1. The third kappa shape index (κ3) is 8.25. The van der Waals surface area contributed by atoms with Gasteiger partial charge in [-0.15, -0.1) is 0 Å². The molecule has 1 amide bonds. The molecule has 1 saturated carbocycles. The van der Waals surface area contributed by atoms with Gasteiger partial charge in [-0.1, -0.05) is 39.5 Å². The van der Waals surface area contributed by atoms with Crippen molar-refractivity contribution >= 4 is 5.91 Å². The molecule has 3 heteroatoms. The van der Waals surface area contributed by atoms with Crippen LogP contribution in [-0.4, -0.2) is 36.5 Å². The largest absolute Gasteiger partial charge is 0.343 e. The van der Waals surface area contributed by atoms with Gasteiger partial charge in [-0.25, -0.2) is 0 Å². The summed E-state index contributed by atoms with van der Waals surface area (Å²) in [4.78, 5) is 14.3. The van der Waals surface area contributed by atoms with E-state index in [-0.39, 0.29) is 0 Å². The Labute approximate surface area is 119 Å². The number of nitrogens with zero attached hydrogens (tertiary/aromatic N) is 1. The first-order valence-corrected chi connectivity index (χ1v) is 8.29. The Kier molecular flexibility index (Phi) is 8.89. The first kappa shape index (κ1) is 16.5. The fourth-order valence-corrected chi connectivity index (χ4v) is 2.30. The number of carbonyl (C=O) groups excluding carboxylic acids is 1. The molecule has 1 aliphatic rings. The minimum Gasteiger partial charge on any atom is -0.343 e. The summed E-state index contributed by atoms with van der Waals surface area (Å²) in [6.45, 7) is 7.20. The molecular formula is C16H32N2O. The SMILES string of the molecule is CCCCCN(CCCCC)C(=O)CCNC1CC1. The van der Waals surface area contributed by atoms with Crippen LogP contribution in [0.25, 0.3) is 0 Å². The summed E-state index contributed by atoms with van der Waals surface area (Å²) in [5, 5.41) is 3.43. The Hall–Kier alpha value is -0.570. The van der Waals surface area contributed by atoms with Gasteiger partial charge in [-0.05, 0) is 25.7 Å². The third-order valence-electron chi connectivity index (χ3n) is 3.77. The Morgan fingerprint density at radius 3 is 2.11 bits per heavy atom. The van der Waals surface area contributed by atoms with E-state index >= 15 is 0 Å². The number of amides is 1. The van der Waals surface area contributed by atoms with Gasteiger partial charge in [0.1, 0.15) is 0 Å². The smallest absolute Gasteiger partial charge is 0.223 e. The van der Waals surface area contributed by atoms with Crippen molar-refractivity contribution in [1.29, 1.82) is 0 Å². The van der Waals surface area contributed by atoms with Crippen LogP contribution in [0.3, 0.4) is 0 Å². The zero-order chi connectivity index (χ0) is 13.9. The van der Waals surface area contributed by atoms with Gasteiger partial charge in [0.2, 0.25) is 5.91 Å². The van der Waals surface area contributed by atoms with Gasteiger partial charge >= 0.3 is 0 Å². The van der Waals surface area contributed by atoms with Crippen LogP contribution >= 0.6 is 0 Å². The normalized spacial score (nSPS) is 14.6. The molecule has 0 aromatic rings. The lowest BCUT2D eigenvalue weighted by Gasteiger charge is -2.23. The van der Waals surface area contributed by atoms with Crippen molar-refractivity contribution in [3.8, 4) is 0 Å². The zero-order valence-electron chi connectivity index (χ0n) is 12.9. The van der Waals surface area contributed by atoms with Crippen LogP contribution in [0.5, 0.6) is 0 Å². The van der Waals surface area contributed by atoms with Crippen LogP contribution < -0.4 is 5.32 Å². The minimum absolute atomic E-state index is 0.348. The van der Waals surface area contributed by atoms with Crippen LogP contribution in [0.4, 0.5) is 0 Å². The van der Waals surface area contributed by atoms with Gasteiger partial charge in [-0.2, -0.15) is 0 Å². The topological polar surface area (TPSA) is 32.3 Å². The van der Waals surface area contributed by atoms with Crippen molar-refractivity contribution < 1.29 is 4.79 Å². The molecule has 0 radical (unpaired) electrons. The molecule has 0 unspecified atom stereocenters. The van der Waals surface area contributed by atoms with E-state index in [9.17, 15) is 4.79 Å². The summed E-state index contributed by atoms with van der Waals surface area (Å²) in [5.41, 5.74) is 0. The summed E-state index contributed by atoms with van der Waals surface area (Å²) in [6, 6.07) is 0.710. The highest BCUT2D eigenvalue weighted by molar-refractivity contribution is 5.76. The minimum atomic E-state index is 0.348. The van der Waals surface area contributed by atoms with Crippen LogP contribution in [0, 0.1) is 0 Å². The zero-order valence-corrected chi connectivity index (χ0v) is 12.9. The summed E-state index contributed by atoms with van der Waals surface area (Å²) in [7, 11) is 0. The van der Waals surface area contributed by atoms with E-state index in [1.54, 1.807) is 0 Å². The van der Waals surface area contributed by atoms with E-state index in [2.05, 4.69) is 24.1 Å². The van der Waals surface area contributed by atoms with Crippen LogP contribution in [0.2, 0.25) is 0 Å². The standard InChI is InChI=1S/C16H32N2O/c1-3-5-7-13-18(14-8-6-4-2)16(19)11-12-17-15-9-10-15/h15,17H,3-14H2,1-2H3. The number of hydrogen-bond acceptors (Lipinski definition) is 2. The summed E-state index contributed by atoms with van der Waals surface area (Å²) < 4.78 is 0. The number of carbonyl (C=O) groups is 1. The van der Waals surface area contributed by atoms with Gasteiger partial charge in [-0.3, -0.25) is 4.79 Å². The molecule has 0 atom stereocenters. The molecule has 1 aliphatic carbocycles. The molecule has 1 N–H and O–H groups in total. The molecule has 112 valence electrons. The van der Waals surface area contributed by atoms with Crippen molar-refractivity contribution in [1.82, 2.24) is 10.2 Å². The molecule has 3 nitrogen and oxygen atoms in total. The van der Waals surface area contributed by atoms with Gasteiger partial charge in [0.15, 0.2) is 0 Å². The molecule has 19 heavy (non-hydrogen) atoms. The third-order valence-corrected chi connectivity index (χ3v) is 3.77. The molecule has 0 heterocycles. The molecule has 0 saturated heterocycles. The second-order valence-electron chi connectivity index (χ2n) is 5.77. The number of unbranched alkanes of at least 4 members (excludes halogenated alkanes) is 4. The van der Waals surface area contributed by atoms with Crippen molar-refractivity contribution in [2.24, 2.45) is 0 Å². The number of hydrogen-bond donors (Lipinski definition) is 1. The molecule has 0 bridgehead atoms. The highest BCUT2D eigenvalue weighted by atomic mass is 16.2. The molecule has 0 spiro atoms. The molecular weight excluding hydrogens is 236 g/mol. The van der Waals surface area contributed by atoms with E-state index < -0.39 is 0 Å². The maximum absolute atomic E-state index is 12.2. The van der Waals surface area contributed by atoms with Gasteiger partial charge in [0, 0.05) is 32.1 Å². The van der Waals surface area contributed by atoms with E-state index in [1.165, 1.54) is 38.5 Å². The van der Waals surface area contributed by atoms with Gasteiger partial charge in [0.05, 0.1) is 0 Å². The monoisotopic (exact) mass is 268 g/mol. The van der Waals surface area contributed by atoms with Gasteiger partial charge < -0.3 is 10.2 Å². The summed E-state index contributed by atoms with van der Waals surface area (Å²) >= 11 is 0. The highest BCUT2D eigenvalue weighted by Crippen LogP contribution is 2.18. The van der Waals surface area contributed by atoms with E-state index in [4.69, 9.17) is 0 Å². The van der Waals surface area contributed by atoms with Crippen molar-refractivity contribution in [2.45, 2.75) is 77.7 Å². The molecule has 0 aliphatic heterocycles. The Morgan fingerprint density at radius 2 is 1.63 bits per heavy atom. The maximum atomic E-state index is 12.2. The fourth-order valence-electron chi connectivity index (χ4n) is 2.30. The van der Waals surface area contributed by atoms with Crippen LogP contribution in [0.1, 0.15) is 71.6 Å². The maximum Gasteiger partial charge on any atom is 0.223 e. The molecule has 0 aromatic carbocycles. The van der Waals surface area contributed by atoms with E-state index in [1.807, 2.05) is 0 Å². The van der Waals surface area contributed by atoms with Crippen molar-refractivity contribution in [2.75, 3.05) is 19.6 Å².